The third-order valence-corrected chi connectivity index (χ3v) is 3.11. The van der Waals surface area contributed by atoms with E-state index in [-0.39, 0.29) is 25.2 Å². The van der Waals surface area contributed by atoms with Crippen molar-refractivity contribution in [3.8, 4) is 12.3 Å². The highest BCUT2D eigenvalue weighted by Gasteiger charge is 2.28. The zero-order valence-electron chi connectivity index (χ0n) is 10.8. The summed E-state index contributed by atoms with van der Waals surface area (Å²) in [6, 6.07) is -0.0319. The Bertz CT molecular complexity index is 364. The third kappa shape index (κ3) is 3.64. The van der Waals surface area contributed by atoms with Gasteiger partial charge in [0.15, 0.2) is 0 Å². The lowest BCUT2D eigenvalue weighted by Gasteiger charge is -2.39. The Labute approximate surface area is 107 Å². The van der Waals surface area contributed by atoms with E-state index in [0.717, 1.165) is 6.54 Å². The van der Waals surface area contributed by atoms with Crippen molar-refractivity contribution in [3.05, 3.63) is 0 Å². The number of hydrogen-bond donors (Lipinski definition) is 1. The van der Waals surface area contributed by atoms with Crippen LogP contribution >= 0.6 is 0 Å². The summed E-state index contributed by atoms with van der Waals surface area (Å²) in [6.07, 6.45) is 5.16. The van der Waals surface area contributed by atoms with Crippen LogP contribution in [-0.2, 0) is 4.79 Å². The second-order valence-electron chi connectivity index (χ2n) is 4.51. The van der Waals surface area contributed by atoms with E-state index in [1.165, 1.54) is 4.90 Å². The molecule has 1 N–H and O–H groups in total. The fourth-order valence-corrected chi connectivity index (χ4v) is 1.89. The maximum Gasteiger partial charge on any atom is 0.323 e. The monoisotopic (exact) mass is 253 g/mol. The van der Waals surface area contributed by atoms with Crippen LogP contribution in [0.25, 0.3) is 0 Å². The fraction of sp³-hybridized carbons (Fsp3) is 0.667. The van der Waals surface area contributed by atoms with Crippen molar-refractivity contribution in [1.29, 1.82) is 0 Å². The number of amides is 2. The first-order valence-electron chi connectivity index (χ1n) is 5.85. The molecule has 0 aromatic rings. The van der Waals surface area contributed by atoms with Crippen molar-refractivity contribution in [3.63, 3.8) is 0 Å². The Morgan fingerprint density at radius 3 is 2.67 bits per heavy atom. The van der Waals surface area contributed by atoms with Crippen molar-refractivity contribution in [2.24, 2.45) is 0 Å². The van der Waals surface area contributed by atoms with Gasteiger partial charge < -0.3 is 19.8 Å². The predicted octanol–water partition coefficient (Wildman–Crippen LogP) is -0.238. The Morgan fingerprint density at radius 2 is 2.17 bits per heavy atom. The van der Waals surface area contributed by atoms with Crippen molar-refractivity contribution in [1.82, 2.24) is 14.7 Å². The first-order valence-corrected chi connectivity index (χ1v) is 5.85. The van der Waals surface area contributed by atoms with E-state index in [9.17, 15) is 9.59 Å². The average Bonchev–Trinajstić information content (AvgIpc) is 2.31. The van der Waals surface area contributed by atoms with Gasteiger partial charge in [-0.15, -0.1) is 6.42 Å². The first-order chi connectivity index (χ1) is 8.45. The minimum absolute atomic E-state index is 0.0197. The smallest absolute Gasteiger partial charge is 0.323 e. The lowest BCUT2D eigenvalue weighted by Crippen LogP contribution is -2.56. The summed E-state index contributed by atoms with van der Waals surface area (Å²) >= 11 is 0. The van der Waals surface area contributed by atoms with Gasteiger partial charge in [0.25, 0.3) is 0 Å². The van der Waals surface area contributed by atoms with Crippen LogP contribution in [0.2, 0.25) is 0 Å². The van der Waals surface area contributed by atoms with Crippen LogP contribution < -0.4 is 0 Å². The second kappa shape index (κ2) is 6.26. The van der Waals surface area contributed by atoms with E-state index in [0.29, 0.717) is 13.1 Å². The Morgan fingerprint density at radius 1 is 1.50 bits per heavy atom. The number of carbonyl (C=O) groups excluding carboxylic acids is 1. The second-order valence-corrected chi connectivity index (χ2v) is 4.51. The van der Waals surface area contributed by atoms with E-state index in [4.69, 9.17) is 11.5 Å². The lowest BCUT2D eigenvalue weighted by atomic mass is 10.2. The molecule has 6 heteroatoms. The predicted molar refractivity (Wildman–Crippen MR) is 67.1 cm³/mol. The summed E-state index contributed by atoms with van der Waals surface area (Å²) in [5.74, 6) is 1.26. The highest BCUT2D eigenvalue weighted by molar-refractivity contribution is 5.80. The third-order valence-electron chi connectivity index (χ3n) is 3.11. The Hall–Kier alpha value is -1.74. The molecule has 0 saturated carbocycles. The number of carboxylic acid groups (broad SMARTS) is 1. The molecule has 1 heterocycles. The van der Waals surface area contributed by atoms with Crippen LogP contribution in [0.4, 0.5) is 4.79 Å². The minimum Gasteiger partial charge on any atom is -0.480 e. The molecule has 18 heavy (non-hydrogen) atoms. The van der Waals surface area contributed by atoms with E-state index >= 15 is 0 Å². The van der Waals surface area contributed by atoms with Crippen LogP contribution in [0.1, 0.15) is 6.92 Å². The van der Waals surface area contributed by atoms with E-state index in [1.54, 1.807) is 4.90 Å². The molecule has 1 atom stereocenters. The van der Waals surface area contributed by atoms with Crippen LogP contribution in [0, 0.1) is 12.3 Å². The number of likely N-dealkylation sites (N-methyl/N-ethyl adjacent to an activating group) is 1. The van der Waals surface area contributed by atoms with Crippen molar-refractivity contribution in [2.75, 3.05) is 39.8 Å². The molecule has 2 amide bonds. The molecule has 0 aliphatic carbocycles. The fourth-order valence-electron chi connectivity index (χ4n) is 1.89. The summed E-state index contributed by atoms with van der Waals surface area (Å²) in [4.78, 5) is 27.8. The van der Waals surface area contributed by atoms with Gasteiger partial charge in [0, 0.05) is 25.7 Å². The number of aliphatic carboxylic acids is 1. The molecule has 0 radical (unpaired) electrons. The zero-order chi connectivity index (χ0) is 13.7. The van der Waals surface area contributed by atoms with Crippen molar-refractivity contribution in [2.45, 2.75) is 13.0 Å². The van der Waals surface area contributed by atoms with Crippen LogP contribution in [0.5, 0.6) is 0 Å². The molecule has 1 fully saturated rings. The largest absolute Gasteiger partial charge is 0.480 e. The van der Waals surface area contributed by atoms with Gasteiger partial charge in [0.2, 0.25) is 0 Å². The highest BCUT2D eigenvalue weighted by atomic mass is 16.4. The number of carboxylic acids is 1. The molecule has 0 spiro atoms. The minimum atomic E-state index is -1.05. The molecule has 100 valence electrons. The normalized spacial score (nSPS) is 20.3. The van der Waals surface area contributed by atoms with Crippen LogP contribution in [0.15, 0.2) is 0 Å². The number of terminal acetylenes is 1. The summed E-state index contributed by atoms with van der Waals surface area (Å²) < 4.78 is 0. The topological polar surface area (TPSA) is 64.1 Å². The number of urea groups is 1. The quantitative estimate of drug-likeness (QED) is 0.705. The molecular formula is C12H19N3O3. The number of rotatable bonds is 3. The molecule has 0 aromatic carbocycles. The van der Waals surface area contributed by atoms with Crippen LogP contribution in [-0.4, -0.2) is 77.6 Å². The molecular weight excluding hydrogens is 234 g/mol. The number of hydrogen-bond acceptors (Lipinski definition) is 3. The molecule has 6 nitrogen and oxygen atoms in total. The molecule has 0 bridgehead atoms. The van der Waals surface area contributed by atoms with Gasteiger partial charge in [-0.25, -0.2) is 4.79 Å². The highest BCUT2D eigenvalue weighted by Crippen LogP contribution is 2.09. The standard InChI is InChI=1S/C12H19N3O3/c1-4-5-14(9-11(16)17)12(18)15-7-6-13(3)10(2)8-15/h1,10H,5-9H2,2-3H3,(H,16,17). The van der Waals surface area contributed by atoms with Gasteiger partial charge in [-0.2, -0.15) is 0 Å². The summed E-state index contributed by atoms with van der Waals surface area (Å²) in [6.45, 7) is 3.66. The molecule has 1 aliphatic rings. The van der Waals surface area contributed by atoms with Gasteiger partial charge in [0.1, 0.15) is 6.54 Å². The molecule has 1 saturated heterocycles. The maximum atomic E-state index is 12.2. The van der Waals surface area contributed by atoms with Crippen molar-refractivity contribution >= 4 is 12.0 Å². The summed E-state index contributed by atoms with van der Waals surface area (Å²) in [5.41, 5.74) is 0. The molecule has 1 aliphatic heterocycles. The summed E-state index contributed by atoms with van der Waals surface area (Å²) in [5, 5.41) is 8.76. The van der Waals surface area contributed by atoms with Gasteiger partial charge >= 0.3 is 12.0 Å². The first kappa shape index (κ1) is 14.3. The van der Waals surface area contributed by atoms with Gasteiger partial charge in [-0.3, -0.25) is 4.79 Å². The number of nitrogens with zero attached hydrogens (tertiary/aromatic N) is 3. The van der Waals surface area contributed by atoms with Gasteiger partial charge in [-0.05, 0) is 14.0 Å². The van der Waals surface area contributed by atoms with Gasteiger partial charge in [-0.1, -0.05) is 5.92 Å². The Kier molecular flexibility index (Phi) is 4.98. The average molecular weight is 253 g/mol. The zero-order valence-corrected chi connectivity index (χ0v) is 10.8. The Balaban J connectivity index is 2.65. The molecule has 1 rings (SSSR count). The molecule has 0 aromatic heterocycles. The van der Waals surface area contributed by atoms with Gasteiger partial charge in [0.05, 0.1) is 6.54 Å². The number of piperazine rings is 1. The lowest BCUT2D eigenvalue weighted by molar-refractivity contribution is -0.137. The van der Waals surface area contributed by atoms with Crippen molar-refractivity contribution < 1.29 is 14.7 Å². The van der Waals surface area contributed by atoms with E-state index in [1.807, 2.05) is 14.0 Å². The van der Waals surface area contributed by atoms with Crippen LogP contribution in [0.3, 0.4) is 0 Å². The maximum absolute atomic E-state index is 12.2. The number of carbonyl (C=O) groups is 2. The van der Waals surface area contributed by atoms with E-state index < -0.39 is 5.97 Å². The SMILES string of the molecule is C#CCN(CC(=O)O)C(=O)N1CCN(C)C(C)C1. The molecule has 1 unspecified atom stereocenters. The summed E-state index contributed by atoms with van der Waals surface area (Å²) in [7, 11) is 2.00. The van der Waals surface area contributed by atoms with E-state index in [2.05, 4.69) is 10.8 Å².